The first kappa shape index (κ1) is 22.9. The summed E-state index contributed by atoms with van der Waals surface area (Å²) in [5.74, 6) is -0.916. The second-order valence-corrected chi connectivity index (χ2v) is 9.73. The number of amides is 1. The van der Waals surface area contributed by atoms with E-state index in [4.69, 9.17) is 4.74 Å². The van der Waals surface area contributed by atoms with E-state index in [2.05, 4.69) is 10.3 Å². The second-order valence-electron chi connectivity index (χ2n) is 7.79. The molecular weight excluding hydrogens is 442 g/mol. The van der Waals surface area contributed by atoms with Crippen LogP contribution in [0.2, 0.25) is 0 Å². The van der Waals surface area contributed by atoms with Gasteiger partial charge in [-0.15, -0.1) is 0 Å². The molecule has 0 bridgehead atoms. The van der Waals surface area contributed by atoms with Crippen molar-refractivity contribution in [3.8, 4) is 0 Å². The summed E-state index contributed by atoms with van der Waals surface area (Å²) in [6, 6.07) is 15.1. The maximum absolute atomic E-state index is 13.0. The number of aromatic nitrogens is 1. The second kappa shape index (κ2) is 9.68. The Hall–Kier alpha value is -3.30. The van der Waals surface area contributed by atoms with E-state index in [0.29, 0.717) is 24.1 Å². The number of hydrogen-bond donors (Lipinski definition) is 1. The van der Waals surface area contributed by atoms with Crippen LogP contribution >= 0.6 is 0 Å². The standard InChI is InChI=1S/C24H25N3O5S/c1-2-32-24(29)19-8-10-20(11-9-19)33(30,31)27-15-12-18(13-16-27)23(28)26-21-7-3-5-17-6-4-14-25-22(17)21/h3-11,14,18H,2,12-13,15-16H2,1H3,(H,26,28). The fourth-order valence-electron chi connectivity index (χ4n) is 3.92. The first-order valence-electron chi connectivity index (χ1n) is 10.8. The molecule has 9 heteroatoms. The maximum atomic E-state index is 13.0. The number of carbonyl (C=O) groups is 2. The first-order valence-corrected chi connectivity index (χ1v) is 12.3. The molecule has 0 atom stereocenters. The molecule has 0 unspecified atom stereocenters. The summed E-state index contributed by atoms with van der Waals surface area (Å²) in [4.78, 5) is 29.1. The van der Waals surface area contributed by atoms with E-state index in [1.54, 1.807) is 13.1 Å². The fourth-order valence-corrected chi connectivity index (χ4v) is 5.39. The van der Waals surface area contributed by atoms with E-state index in [1.165, 1.54) is 28.6 Å². The van der Waals surface area contributed by atoms with Crippen LogP contribution in [0.15, 0.2) is 65.7 Å². The molecule has 1 aromatic heterocycles. The van der Waals surface area contributed by atoms with Crippen LogP contribution in [0.5, 0.6) is 0 Å². The summed E-state index contributed by atoms with van der Waals surface area (Å²) in [6.07, 6.45) is 2.52. The highest BCUT2D eigenvalue weighted by Gasteiger charge is 2.32. The van der Waals surface area contributed by atoms with Gasteiger partial charge in [0, 0.05) is 30.6 Å². The molecule has 33 heavy (non-hydrogen) atoms. The van der Waals surface area contributed by atoms with Crippen molar-refractivity contribution in [1.82, 2.24) is 9.29 Å². The van der Waals surface area contributed by atoms with Crippen LogP contribution in [0, 0.1) is 5.92 Å². The monoisotopic (exact) mass is 467 g/mol. The van der Waals surface area contributed by atoms with Gasteiger partial charge in [0.2, 0.25) is 15.9 Å². The van der Waals surface area contributed by atoms with Gasteiger partial charge in [0.05, 0.1) is 28.3 Å². The van der Waals surface area contributed by atoms with E-state index in [9.17, 15) is 18.0 Å². The van der Waals surface area contributed by atoms with Crippen molar-refractivity contribution in [1.29, 1.82) is 0 Å². The number of carbonyl (C=O) groups excluding carboxylic acids is 2. The van der Waals surface area contributed by atoms with Crippen molar-refractivity contribution in [2.24, 2.45) is 5.92 Å². The Morgan fingerprint density at radius 3 is 2.45 bits per heavy atom. The molecule has 2 aromatic carbocycles. The summed E-state index contributed by atoms with van der Waals surface area (Å²) in [5.41, 5.74) is 1.67. The van der Waals surface area contributed by atoms with Crippen molar-refractivity contribution >= 4 is 38.5 Å². The lowest BCUT2D eigenvalue weighted by atomic mass is 9.97. The first-order chi connectivity index (χ1) is 15.9. The molecule has 1 fully saturated rings. The number of para-hydroxylation sites is 1. The molecule has 0 spiro atoms. The molecule has 3 aromatic rings. The van der Waals surface area contributed by atoms with Crippen LogP contribution in [-0.4, -0.2) is 49.3 Å². The molecule has 8 nitrogen and oxygen atoms in total. The van der Waals surface area contributed by atoms with E-state index in [0.717, 1.165) is 10.9 Å². The zero-order chi connectivity index (χ0) is 23.4. The van der Waals surface area contributed by atoms with Gasteiger partial charge >= 0.3 is 5.97 Å². The van der Waals surface area contributed by atoms with Crippen molar-refractivity contribution in [3.63, 3.8) is 0 Å². The molecule has 4 rings (SSSR count). The average molecular weight is 468 g/mol. The zero-order valence-corrected chi connectivity index (χ0v) is 19.0. The van der Waals surface area contributed by atoms with Gasteiger partial charge in [-0.25, -0.2) is 13.2 Å². The Morgan fingerprint density at radius 1 is 1.06 bits per heavy atom. The predicted molar refractivity (Wildman–Crippen MR) is 124 cm³/mol. The van der Waals surface area contributed by atoms with E-state index in [-0.39, 0.29) is 36.4 Å². The van der Waals surface area contributed by atoms with Crippen LogP contribution in [0.3, 0.4) is 0 Å². The van der Waals surface area contributed by atoms with Crippen molar-refractivity contribution in [2.45, 2.75) is 24.7 Å². The van der Waals surface area contributed by atoms with Gasteiger partial charge in [0.1, 0.15) is 0 Å². The number of nitrogens with one attached hydrogen (secondary N) is 1. The molecule has 0 saturated carbocycles. The van der Waals surface area contributed by atoms with Crippen LogP contribution in [0.1, 0.15) is 30.1 Å². The molecule has 0 radical (unpaired) electrons. The topological polar surface area (TPSA) is 106 Å². The molecule has 1 amide bonds. The third kappa shape index (κ3) is 4.89. The van der Waals surface area contributed by atoms with Crippen LogP contribution in [-0.2, 0) is 19.6 Å². The smallest absolute Gasteiger partial charge is 0.338 e. The van der Waals surface area contributed by atoms with Gasteiger partial charge in [-0.2, -0.15) is 4.31 Å². The summed E-state index contributed by atoms with van der Waals surface area (Å²) in [5, 5.41) is 3.89. The molecular formula is C24H25N3O5S. The van der Waals surface area contributed by atoms with Crippen molar-refractivity contribution in [3.05, 3.63) is 66.4 Å². The number of hydrogen-bond acceptors (Lipinski definition) is 6. The van der Waals surface area contributed by atoms with Crippen molar-refractivity contribution < 1.29 is 22.7 Å². The minimum atomic E-state index is -3.71. The summed E-state index contributed by atoms with van der Waals surface area (Å²) < 4.78 is 32.3. The quantitative estimate of drug-likeness (QED) is 0.557. The van der Waals surface area contributed by atoms with Gasteiger partial charge in [-0.05, 0) is 56.2 Å². The zero-order valence-electron chi connectivity index (χ0n) is 18.2. The van der Waals surface area contributed by atoms with Gasteiger partial charge in [-0.3, -0.25) is 9.78 Å². The number of esters is 1. The predicted octanol–water partition coefficient (Wildman–Crippen LogP) is 3.45. The number of ether oxygens (including phenoxy) is 1. The largest absolute Gasteiger partial charge is 0.462 e. The number of piperidine rings is 1. The number of benzene rings is 2. The third-order valence-electron chi connectivity index (χ3n) is 5.72. The Labute approximate surface area is 192 Å². The molecule has 1 aliphatic heterocycles. The van der Waals surface area contributed by atoms with Crippen LogP contribution in [0.4, 0.5) is 5.69 Å². The summed E-state index contributed by atoms with van der Waals surface area (Å²) in [6.45, 7) is 2.44. The van der Waals surface area contributed by atoms with Gasteiger partial charge < -0.3 is 10.1 Å². The molecule has 172 valence electrons. The van der Waals surface area contributed by atoms with Gasteiger partial charge in [0.15, 0.2) is 0 Å². The highest BCUT2D eigenvalue weighted by molar-refractivity contribution is 7.89. The van der Waals surface area contributed by atoms with E-state index in [1.807, 2.05) is 30.3 Å². The molecule has 1 saturated heterocycles. The lowest BCUT2D eigenvalue weighted by Gasteiger charge is -2.30. The molecule has 1 aliphatic rings. The number of pyridine rings is 1. The Morgan fingerprint density at radius 2 is 1.76 bits per heavy atom. The SMILES string of the molecule is CCOC(=O)c1ccc(S(=O)(=O)N2CCC(C(=O)Nc3cccc4cccnc34)CC2)cc1. The summed E-state index contributed by atoms with van der Waals surface area (Å²) >= 11 is 0. The fraction of sp³-hybridized carbons (Fsp3) is 0.292. The van der Waals surface area contributed by atoms with Gasteiger partial charge in [0.25, 0.3) is 0 Å². The molecule has 1 N–H and O–H groups in total. The number of anilines is 1. The number of fused-ring (bicyclic) bond motifs is 1. The molecule has 0 aliphatic carbocycles. The highest BCUT2D eigenvalue weighted by Crippen LogP contribution is 2.27. The Balaban J connectivity index is 1.39. The number of nitrogens with zero attached hydrogens (tertiary/aromatic N) is 2. The number of rotatable bonds is 6. The van der Waals surface area contributed by atoms with E-state index >= 15 is 0 Å². The maximum Gasteiger partial charge on any atom is 0.338 e. The Bertz CT molecular complexity index is 1260. The lowest BCUT2D eigenvalue weighted by molar-refractivity contribution is -0.120. The summed E-state index contributed by atoms with van der Waals surface area (Å²) in [7, 11) is -3.71. The van der Waals surface area contributed by atoms with Crippen molar-refractivity contribution in [2.75, 3.05) is 25.0 Å². The van der Waals surface area contributed by atoms with Crippen LogP contribution < -0.4 is 5.32 Å². The normalized spacial score (nSPS) is 15.3. The lowest BCUT2D eigenvalue weighted by Crippen LogP contribution is -2.41. The average Bonchev–Trinajstić information content (AvgIpc) is 2.84. The Kier molecular flexibility index (Phi) is 6.71. The minimum absolute atomic E-state index is 0.111. The molecule has 2 heterocycles. The number of sulfonamides is 1. The van der Waals surface area contributed by atoms with E-state index < -0.39 is 16.0 Å². The van der Waals surface area contributed by atoms with Crippen LogP contribution in [0.25, 0.3) is 10.9 Å². The highest BCUT2D eigenvalue weighted by atomic mass is 32.2. The third-order valence-corrected chi connectivity index (χ3v) is 7.63. The minimum Gasteiger partial charge on any atom is -0.462 e. The van der Waals surface area contributed by atoms with Gasteiger partial charge in [-0.1, -0.05) is 18.2 Å².